The molecule has 1 atom stereocenters. The van der Waals surface area contributed by atoms with E-state index >= 15 is 0 Å². The summed E-state index contributed by atoms with van der Waals surface area (Å²) in [4.78, 5) is 0. The van der Waals surface area contributed by atoms with Gasteiger partial charge in [0.2, 0.25) is 0 Å². The summed E-state index contributed by atoms with van der Waals surface area (Å²) < 4.78 is 7.42. The van der Waals surface area contributed by atoms with Crippen LogP contribution in [0.2, 0.25) is 0 Å². The summed E-state index contributed by atoms with van der Waals surface area (Å²) in [6.07, 6.45) is 4.86. The van der Waals surface area contributed by atoms with Crippen molar-refractivity contribution in [3.63, 3.8) is 0 Å². The molecule has 0 saturated heterocycles. The number of aromatic nitrogens is 2. The highest BCUT2D eigenvalue weighted by atomic mass is 16.5. The van der Waals surface area contributed by atoms with Gasteiger partial charge in [0.15, 0.2) is 5.75 Å². The second-order valence-electron chi connectivity index (χ2n) is 3.36. The van der Waals surface area contributed by atoms with Gasteiger partial charge in [0.1, 0.15) is 0 Å². The number of aryl methyl sites for hydroxylation is 1. The Morgan fingerprint density at radius 1 is 1.54 bits per heavy atom. The number of rotatable bonds is 5. The van der Waals surface area contributed by atoms with Crippen molar-refractivity contribution in [2.45, 2.75) is 33.7 Å². The minimum atomic E-state index is 0.616. The van der Waals surface area contributed by atoms with E-state index in [0.717, 1.165) is 25.3 Å². The number of ether oxygens (including phenoxy) is 1. The fourth-order valence-corrected chi connectivity index (χ4v) is 0.948. The molecule has 1 aromatic rings. The lowest BCUT2D eigenvalue weighted by atomic mass is 10.1. The maximum Gasteiger partial charge on any atom is 0.157 e. The molecular formula is C10H18N2O. The van der Waals surface area contributed by atoms with Crippen molar-refractivity contribution in [2.75, 3.05) is 6.61 Å². The maximum atomic E-state index is 5.56. The molecule has 0 saturated carbocycles. The first-order valence-corrected chi connectivity index (χ1v) is 4.91. The summed E-state index contributed by atoms with van der Waals surface area (Å²) >= 11 is 0. The topological polar surface area (TPSA) is 27.1 Å². The van der Waals surface area contributed by atoms with E-state index in [1.54, 1.807) is 6.20 Å². The molecule has 74 valence electrons. The molecule has 0 fully saturated rings. The van der Waals surface area contributed by atoms with Gasteiger partial charge in [-0.3, -0.25) is 4.68 Å². The number of hydrogen-bond acceptors (Lipinski definition) is 2. The first-order chi connectivity index (χ1) is 6.26. The summed E-state index contributed by atoms with van der Waals surface area (Å²) in [5, 5.41) is 4.13. The fraction of sp³-hybridized carbons (Fsp3) is 0.700. The first kappa shape index (κ1) is 10.1. The van der Waals surface area contributed by atoms with Crippen LogP contribution in [0.15, 0.2) is 12.4 Å². The third kappa shape index (κ3) is 3.09. The molecule has 0 aromatic carbocycles. The highest BCUT2D eigenvalue weighted by Gasteiger charge is 2.01. The van der Waals surface area contributed by atoms with Crippen molar-refractivity contribution in [1.29, 1.82) is 0 Å². The molecule has 0 aliphatic carbocycles. The Balaban J connectivity index is 2.36. The molecule has 1 unspecified atom stereocenters. The van der Waals surface area contributed by atoms with Gasteiger partial charge in [-0.2, -0.15) is 5.10 Å². The van der Waals surface area contributed by atoms with Gasteiger partial charge in [-0.05, 0) is 12.8 Å². The zero-order valence-corrected chi connectivity index (χ0v) is 8.66. The molecule has 3 heteroatoms. The van der Waals surface area contributed by atoms with E-state index in [2.05, 4.69) is 25.9 Å². The van der Waals surface area contributed by atoms with Crippen molar-refractivity contribution in [1.82, 2.24) is 9.78 Å². The first-order valence-electron chi connectivity index (χ1n) is 4.91. The van der Waals surface area contributed by atoms with Gasteiger partial charge in [-0.1, -0.05) is 20.3 Å². The quantitative estimate of drug-likeness (QED) is 0.698. The average molecular weight is 182 g/mol. The van der Waals surface area contributed by atoms with E-state index in [-0.39, 0.29) is 0 Å². The zero-order valence-electron chi connectivity index (χ0n) is 8.66. The summed E-state index contributed by atoms with van der Waals surface area (Å²) in [6.45, 7) is 8.10. The molecular weight excluding hydrogens is 164 g/mol. The van der Waals surface area contributed by atoms with Crippen LogP contribution in [0.5, 0.6) is 5.75 Å². The zero-order chi connectivity index (χ0) is 9.68. The minimum Gasteiger partial charge on any atom is -0.490 e. The smallest absolute Gasteiger partial charge is 0.157 e. The highest BCUT2D eigenvalue weighted by Crippen LogP contribution is 2.10. The molecule has 0 N–H and O–H groups in total. The van der Waals surface area contributed by atoms with Gasteiger partial charge in [-0.25, -0.2) is 0 Å². The molecule has 13 heavy (non-hydrogen) atoms. The molecule has 1 aromatic heterocycles. The molecule has 0 bridgehead atoms. The molecule has 0 amide bonds. The minimum absolute atomic E-state index is 0.616. The van der Waals surface area contributed by atoms with Crippen LogP contribution in [0.1, 0.15) is 27.2 Å². The second-order valence-corrected chi connectivity index (χ2v) is 3.36. The van der Waals surface area contributed by atoms with Crippen molar-refractivity contribution < 1.29 is 4.74 Å². The number of nitrogens with zero attached hydrogens (tertiary/aromatic N) is 2. The van der Waals surface area contributed by atoms with Gasteiger partial charge in [-0.15, -0.1) is 0 Å². The van der Waals surface area contributed by atoms with Crippen molar-refractivity contribution >= 4 is 0 Å². The van der Waals surface area contributed by atoms with Gasteiger partial charge in [0, 0.05) is 6.54 Å². The molecule has 0 spiro atoms. The largest absolute Gasteiger partial charge is 0.490 e. The summed E-state index contributed by atoms with van der Waals surface area (Å²) in [5.74, 6) is 1.49. The molecule has 0 radical (unpaired) electrons. The van der Waals surface area contributed by atoms with E-state index in [0.29, 0.717) is 5.92 Å². The van der Waals surface area contributed by atoms with Gasteiger partial charge < -0.3 is 4.74 Å². The van der Waals surface area contributed by atoms with Crippen LogP contribution in [0.4, 0.5) is 0 Å². The Hall–Kier alpha value is -0.990. The van der Waals surface area contributed by atoms with Crippen LogP contribution >= 0.6 is 0 Å². The monoisotopic (exact) mass is 182 g/mol. The normalized spacial score (nSPS) is 12.8. The Morgan fingerprint density at radius 2 is 2.31 bits per heavy atom. The molecule has 1 heterocycles. The lowest BCUT2D eigenvalue weighted by molar-refractivity contribution is 0.256. The van der Waals surface area contributed by atoms with Crippen molar-refractivity contribution in [2.24, 2.45) is 5.92 Å². The van der Waals surface area contributed by atoms with E-state index in [1.165, 1.54) is 0 Å². The Kier molecular flexibility index (Phi) is 3.80. The molecule has 0 aliphatic heterocycles. The lowest BCUT2D eigenvalue weighted by Gasteiger charge is -2.08. The fourth-order valence-electron chi connectivity index (χ4n) is 0.948. The van der Waals surface area contributed by atoms with Crippen LogP contribution in [-0.4, -0.2) is 16.4 Å². The SMILES string of the molecule is CCC(C)COc1cnn(CC)c1. The van der Waals surface area contributed by atoms with Crippen LogP contribution in [0, 0.1) is 5.92 Å². The van der Waals surface area contributed by atoms with E-state index < -0.39 is 0 Å². The third-order valence-corrected chi connectivity index (χ3v) is 2.16. The molecule has 3 nitrogen and oxygen atoms in total. The Labute approximate surface area is 79.7 Å². The molecule has 1 rings (SSSR count). The Bertz CT molecular complexity index is 245. The van der Waals surface area contributed by atoms with Crippen LogP contribution < -0.4 is 4.74 Å². The maximum absolute atomic E-state index is 5.56. The second kappa shape index (κ2) is 4.90. The average Bonchev–Trinajstić information content (AvgIpc) is 2.61. The van der Waals surface area contributed by atoms with Gasteiger partial charge in [0.05, 0.1) is 19.0 Å². The molecule has 0 aliphatic rings. The van der Waals surface area contributed by atoms with Gasteiger partial charge >= 0.3 is 0 Å². The van der Waals surface area contributed by atoms with Crippen molar-refractivity contribution in [3.8, 4) is 5.75 Å². The third-order valence-electron chi connectivity index (χ3n) is 2.16. The van der Waals surface area contributed by atoms with E-state index in [9.17, 15) is 0 Å². The highest BCUT2D eigenvalue weighted by molar-refractivity contribution is 5.11. The summed E-state index contributed by atoms with van der Waals surface area (Å²) in [5.41, 5.74) is 0. The lowest BCUT2D eigenvalue weighted by Crippen LogP contribution is -2.06. The van der Waals surface area contributed by atoms with Crippen LogP contribution in [0.25, 0.3) is 0 Å². The van der Waals surface area contributed by atoms with Crippen LogP contribution in [0.3, 0.4) is 0 Å². The van der Waals surface area contributed by atoms with E-state index in [4.69, 9.17) is 4.74 Å². The van der Waals surface area contributed by atoms with Gasteiger partial charge in [0.25, 0.3) is 0 Å². The van der Waals surface area contributed by atoms with Crippen LogP contribution in [-0.2, 0) is 6.54 Å². The van der Waals surface area contributed by atoms with Crippen molar-refractivity contribution in [3.05, 3.63) is 12.4 Å². The number of hydrogen-bond donors (Lipinski definition) is 0. The predicted molar refractivity (Wildman–Crippen MR) is 52.9 cm³/mol. The summed E-state index contributed by atoms with van der Waals surface area (Å²) in [6, 6.07) is 0. The van der Waals surface area contributed by atoms with E-state index in [1.807, 2.05) is 10.9 Å². The predicted octanol–water partition coefficient (Wildman–Crippen LogP) is 2.33. The standard InChI is InChI=1S/C10H18N2O/c1-4-9(3)8-13-10-6-11-12(5-2)7-10/h6-7,9H,4-5,8H2,1-3H3. The Morgan fingerprint density at radius 3 is 2.85 bits per heavy atom. The summed E-state index contributed by atoms with van der Waals surface area (Å²) in [7, 11) is 0.